The lowest BCUT2D eigenvalue weighted by Gasteiger charge is -2.45. The summed E-state index contributed by atoms with van der Waals surface area (Å²) in [5.41, 5.74) is 3.96. The third-order valence-electron chi connectivity index (χ3n) is 7.71. The van der Waals surface area contributed by atoms with Crippen LogP contribution in [0.15, 0.2) is 27.5 Å². The summed E-state index contributed by atoms with van der Waals surface area (Å²) >= 11 is 3.51. The van der Waals surface area contributed by atoms with Gasteiger partial charge < -0.3 is 25.2 Å². The maximum absolute atomic E-state index is 13.2. The van der Waals surface area contributed by atoms with Gasteiger partial charge in [-0.1, -0.05) is 6.07 Å². The monoisotopic (exact) mass is 588 g/mol. The first-order valence-corrected chi connectivity index (χ1v) is 14.1. The van der Waals surface area contributed by atoms with Gasteiger partial charge in [0, 0.05) is 57.7 Å². The van der Waals surface area contributed by atoms with E-state index in [0.29, 0.717) is 11.1 Å². The molecule has 2 aromatic rings. The first-order chi connectivity index (χ1) is 17.8. The largest absolute Gasteiger partial charge is 0.465 e. The molecule has 1 saturated carbocycles. The Bertz CT molecular complexity index is 1240. The van der Waals surface area contributed by atoms with Gasteiger partial charge in [0.05, 0.1) is 0 Å². The van der Waals surface area contributed by atoms with Crippen molar-refractivity contribution < 1.29 is 14.7 Å². The Balaban J connectivity index is 1.76. The number of hydrogen-bond acceptors (Lipinski definition) is 4. The Morgan fingerprint density at radius 1 is 1.08 bits per heavy atom. The van der Waals surface area contributed by atoms with Crippen LogP contribution < -0.4 is 15.8 Å². The molecule has 38 heavy (non-hydrogen) atoms. The molecule has 3 N–H and O–H groups in total. The van der Waals surface area contributed by atoms with Gasteiger partial charge in [-0.15, -0.1) is 0 Å². The van der Waals surface area contributed by atoms with Crippen molar-refractivity contribution in [3.63, 3.8) is 0 Å². The fourth-order valence-electron chi connectivity index (χ4n) is 5.79. The fraction of sp³-hybridized carbons (Fsp3) is 0.552. The Labute approximate surface area is 233 Å². The number of pyridine rings is 1. The number of rotatable bonds is 7. The summed E-state index contributed by atoms with van der Waals surface area (Å²) < 4.78 is 0.835. The summed E-state index contributed by atoms with van der Waals surface area (Å²) in [6, 6.07) is 6.04. The van der Waals surface area contributed by atoms with Crippen LogP contribution in [0.2, 0.25) is 0 Å². The van der Waals surface area contributed by atoms with Gasteiger partial charge in [-0.2, -0.15) is 0 Å². The molecule has 0 saturated heterocycles. The molecule has 1 aromatic heterocycles. The third kappa shape index (κ3) is 6.25. The van der Waals surface area contributed by atoms with Crippen LogP contribution in [0.3, 0.4) is 0 Å². The zero-order valence-electron chi connectivity index (χ0n) is 23.6. The number of aromatic nitrogens is 1. The lowest BCUT2D eigenvalue weighted by Crippen LogP contribution is -2.53. The molecule has 0 radical (unpaired) electrons. The van der Waals surface area contributed by atoms with Crippen LogP contribution in [0, 0.1) is 20.8 Å². The van der Waals surface area contributed by atoms with Crippen LogP contribution in [0.1, 0.15) is 86.1 Å². The molecule has 1 aliphatic rings. The summed E-state index contributed by atoms with van der Waals surface area (Å²) in [5.74, 6) is -0.220. The molecule has 1 aliphatic carbocycles. The number of benzene rings is 1. The molecule has 0 aliphatic heterocycles. The average molecular weight is 590 g/mol. The number of anilines is 1. The molecule has 0 unspecified atom stereocenters. The number of carbonyl (C=O) groups is 2. The van der Waals surface area contributed by atoms with Crippen LogP contribution in [0.5, 0.6) is 0 Å². The number of aryl methyl sites for hydroxylation is 1. The van der Waals surface area contributed by atoms with Crippen LogP contribution in [0.25, 0.3) is 0 Å². The molecular formula is C29H41BrN4O4. The minimum Gasteiger partial charge on any atom is -0.465 e. The van der Waals surface area contributed by atoms with Crippen molar-refractivity contribution >= 4 is 33.6 Å². The van der Waals surface area contributed by atoms with Gasteiger partial charge in [0.25, 0.3) is 11.5 Å². The van der Waals surface area contributed by atoms with E-state index in [9.17, 15) is 19.5 Å². The molecule has 1 fully saturated rings. The zero-order valence-corrected chi connectivity index (χ0v) is 25.2. The smallest absolute Gasteiger partial charge is 0.407 e. The van der Waals surface area contributed by atoms with E-state index in [1.807, 2.05) is 59.7 Å². The molecular weight excluding hydrogens is 548 g/mol. The first kappa shape index (κ1) is 29.7. The lowest BCUT2D eigenvalue weighted by atomic mass is 9.86. The fourth-order valence-corrected chi connectivity index (χ4v) is 6.12. The number of aromatic amines is 1. The number of carboxylic acid groups (broad SMARTS) is 1. The second-order valence-electron chi connectivity index (χ2n) is 11.2. The van der Waals surface area contributed by atoms with Crippen LogP contribution in [0.4, 0.5) is 10.5 Å². The number of nitrogens with one attached hydrogen (secondary N) is 2. The van der Waals surface area contributed by atoms with E-state index in [4.69, 9.17) is 0 Å². The molecule has 0 bridgehead atoms. The molecule has 8 nitrogen and oxygen atoms in total. The predicted octanol–water partition coefficient (Wildman–Crippen LogP) is 5.91. The SMILES string of the molecule is CCN(c1cccc(C(=O)NCc2c(C)c(Br)c(C)[nH]c2=O)c1C)C1CCC(N(C(=O)O)C(C)(C)C)CC1. The first-order valence-electron chi connectivity index (χ1n) is 13.3. The summed E-state index contributed by atoms with van der Waals surface area (Å²) in [7, 11) is 0. The van der Waals surface area contributed by atoms with Gasteiger partial charge in [-0.3, -0.25) is 9.59 Å². The van der Waals surface area contributed by atoms with E-state index in [-0.39, 0.29) is 30.1 Å². The second kappa shape index (κ2) is 11.9. The van der Waals surface area contributed by atoms with Crippen LogP contribution in [-0.2, 0) is 6.54 Å². The quantitative estimate of drug-likeness (QED) is 0.373. The Morgan fingerprint density at radius 3 is 2.24 bits per heavy atom. The topological polar surface area (TPSA) is 106 Å². The molecule has 9 heteroatoms. The molecule has 2 amide bonds. The lowest BCUT2D eigenvalue weighted by molar-refractivity contribution is 0.0545. The van der Waals surface area contributed by atoms with Crippen molar-refractivity contribution in [1.29, 1.82) is 0 Å². The second-order valence-corrected chi connectivity index (χ2v) is 12.0. The normalized spacial score (nSPS) is 17.7. The number of halogens is 1. The number of nitrogens with zero attached hydrogens (tertiary/aromatic N) is 2. The average Bonchev–Trinajstić information content (AvgIpc) is 2.83. The number of hydrogen-bond donors (Lipinski definition) is 3. The molecule has 1 heterocycles. The van der Waals surface area contributed by atoms with Crippen LogP contribution in [-0.4, -0.2) is 51.2 Å². The minimum absolute atomic E-state index is 0.00841. The van der Waals surface area contributed by atoms with Crippen molar-refractivity contribution in [3.8, 4) is 0 Å². The van der Waals surface area contributed by atoms with Gasteiger partial charge in [-0.25, -0.2) is 4.79 Å². The van der Waals surface area contributed by atoms with E-state index in [1.165, 1.54) is 0 Å². The van der Waals surface area contributed by atoms with E-state index in [2.05, 4.69) is 38.1 Å². The number of carbonyl (C=O) groups excluding carboxylic acids is 1. The van der Waals surface area contributed by atoms with Crippen molar-refractivity contribution in [3.05, 3.63) is 61.0 Å². The number of H-pyrrole nitrogens is 1. The standard InChI is InChI=1S/C29H41BrN4O4/c1-8-33(20-12-14-21(15-13-20)34(28(37)38)29(5,6)7)24-11-9-10-22(17(24)2)26(35)31-16-23-18(3)25(30)19(4)32-27(23)36/h9-11,20-21H,8,12-16H2,1-7H3,(H,31,35)(H,32,36)(H,37,38). The molecule has 208 valence electrons. The molecule has 0 spiro atoms. The number of amides is 2. The zero-order chi connectivity index (χ0) is 28.4. The highest BCUT2D eigenvalue weighted by Gasteiger charge is 2.37. The van der Waals surface area contributed by atoms with Crippen molar-refractivity contribution in [1.82, 2.24) is 15.2 Å². The highest BCUT2D eigenvalue weighted by atomic mass is 79.9. The third-order valence-corrected chi connectivity index (χ3v) is 8.90. The van der Waals surface area contributed by atoms with E-state index in [1.54, 1.807) is 4.90 Å². The van der Waals surface area contributed by atoms with Gasteiger partial charge >= 0.3 is 6.09 Å². The Hall–Kier alpha value is -2.81. The summed E-state index contributed by atoms with van der Waals surface area (Å²) in [4.78, 5) is 44.4. The van der Waals surface area contributed by atoms with Crippen molar-refractivity contribution in [2.24, 2.45) is 0 Å². The molecule has 1 aromatic carbocycles. The highest BCUT2D eigenvalue weighted by Crippen LogP contribution is 2.34. The summed E-state index contributed by atoms with van der Waals surface area (Å²) in [6.07, 6.45) is 2.53. The Kier molecular flexibility index (Phi) is 9.34. The summed E-state index contributed by atoms with van der Waals surface area (Å²) in [6.45, 7) is 14.5. The highest BCUT2D eigenvalue weighted by molar-refractivity contribution is 9.10. The van der Waals surface area contributed by atoms with E-state index in [0.717, 1.165) is 59.2 Å². The Morgan fingerprint density at radius 2 is 1.68 bits per heavy atom. The van der Waals surface area contributed by atoms with Crippen LogP contribution >= 0.6 is 15.9 Å². The summed E-state index contributed by atoms with van der Waals surface area (Å²) in [5, 5.41) is 12.7. The predicted molar refractivity (Wildman–Crippen MR) is 155 cm³/mol. The van der Waals surface area contributed by atoms with Crippen molar-refractivity contribution in [2.75, 3.05) is 11.4 Å². The van der Waals surface area contributed by atoms with Gasteiger partial charge in [-0.05, 0) is 113 Å². The molecule has 0 atom stereocenters. The van der Waals surface area contributed by atoms with Gasteiger partial charge in [0.15, 0.2) is 0 Å². The van der Waals surface area contributed by atoms with E-state index < -0.39 is 11.6 Å². The van der Waals surface area contributed by atoms with Crippen molar-refractivity contribution in [2.45, 2.75) is 98.3 Å². The van der Waals surface area contributed by atoms with Gasteiger partial charge in [0.2, 0.25) is 0 Å². The minimum atomic E-state index is -0.863. The van der Waals surface area contributed by atoms with Gasteiger partial charge in [0.1, 0.15) is 0 Å². The molecule has 3 rings (SSSR count). The van der Waals surface area contributed by atoms with E-state index >= 15 is 0 Å². The maximum Gasteiger partial charge on any atom is 0.407 e. The maximum atomic E-state index is 13.2.